The first-order chi connectivity index (χ1) is 13.1. The second-order valence-corrected chi connectivity index (χ2v) is 6.73. The molecule has 0 aliphatic carbocycles. The Labute approximate surface area is 158 Å². The zero-order valence-electron chi connectivity index (χ0n) is 15.9. The van der Waals surface area contributed by atoms with E-state index in [2.05, 4.69) is 20.5 Å². The van der Waals surface area contributed by atoms with Crippen LogP contribution in [-0.2, 0) is 4.74 Å². The number of fused-ring (bicyclic) bond motifs is 1. The summed E-state index contributed by atoms with van der Waals surface area (Å²) < 4.78 is 6.99. The van der Waals surface area contributed by atoms with Crippen LogP contribution in [-0.4, -0.2) is 71.5 Å². The maximum Gasteiger partial charge on any atom is 0.287 e. The SMILES string of the molecule is CCC(C)NC(=O)c1nc(C(=O)NCCN2CCOCC2)n2ccccc12. The van der Waals surface area contributed by atoms with Crippen LogP contribution in [0, 0.1) is 0 Å². The molecule has 2 aromatic heterocycles. The molecule has 0 radical (unpaired) electrons. The molecular formula is C19H27N5O3. The van der Waals surface area contributed by atoms with E-state index in [0.717, 1.165) is 39.3 Å². The number of aromatic nitrogens is 2. The third-order valence-corrected chi connectivity index (χ3v) is 4.77. The van der Waals surface area contributed by atoms with Crippen LogP contribution in [0.2, 0.25) is 0 Å². The van der Waals surface area contributed by atoms with E-state index in [1.165, 1.54) is 0 Å². The van der Waals surface area contributed by atoms with Crippen LogP contribution in [0.25, 0.3) is 5.52 Å². The van der Waals surface area contributed by atoms with Crippen molar-refractivity contribution >= 4 is 17.3 Å². The number of pyridine rings is 1. The molecule has 0 saturated carbocycles. The summed E-state index contributed by atoms with van der Waals surface area (Å²) in [4.78, 5) is 31.8. The van der Waals surface area contributed by atoms with Gasteiger partial charge in [-0.25, -0.2) is 4.98 Å². The second kappa shape index (κ2) is 8.96. The van der Waals surface area contributed by atoms with E-state index in [-0.39, 0.29) is 29.4 Å². The van der Waals surface area contributed by atoms with E-state index in [0.29, 0.717) is 12.1 Å². The van der Waals surface area contributed by atoms with Crippen LogP contribution in [0.5, 0.6) is 0 Å². The molecule has 1 saturated heterocycles. The molecule has 2 amide bonds. The van der Waals surface area contributed by atoms with Gasteiger partial charge in [0.15, 0.2) is 5.69 Å². The number of hydrogen-bond donors (Lipinski definition) is 2. The molecule has 0 bridgehead atoms. The van der Waals surface area contributed by atoms with Gasteiger partial charge in [0.05, 0.1) is 18.7 Å². The van der Waals surface area contributed by atoms with Crippen molar-refractivity contribution in [3.8, 4) is 0 Å². The van der Waals surface area contributed by atoms with Gasteiger partial charge in [-0.3, -0.25) is 18.9 Å². The highest BCUT2D eigenvalue weighted by Gasteiger charge is 2.22. The van der Waals surface area contributed by atoms with Gasteiger partial charge in [0.25, 0.3) is 11.8 Å². The van der Waals surface area contributed by atoms with Crippen LogP contribution >= 0.6 is 0 Å². The van der Waals surface area contributed by atoms with Crippen molar-refractivity contribution in [3.05, 3.63) is 35.9 Å². The van der Waals surface area contributed by atoms with Gasteiger partial charge < -0.3 is 15.4 Å². The first-order valence-corrected chi connectivity index (χ1v) is 9.46. The Hall–Kier alpha value is -2.45. The fourth-order valence-corrected chi connectivity index (χ4v) is 2.99. The molecule has 8 nitrogen and oxygen atoms in total. The fourth-order valence-electron chi connectivity index (χ4n) is 2.99. The molecule has 8 heteroatoms. The lowest BCUT2D eigenvalue weighted by atomic mass is 10.2. The Morgan fingerprint density at radius 3 is 2.78 bits per heavy atom. The van der Waals surface area contributed by atoms with Gasteiger partial charge in [0, 0.05) is 38.4 Å². The van der Waals surface area contributed by atoms with E-state index in [1.54, 1.807) is 16.7 Å². The lowest BCUT2D eigenvalue weighted by Crippen LogP contribution is -2.41. The molecule has 3 rings (SSSR count). The normalized spacial score (nSPS) is 16.2. The Kier molecular flexibility index (Phi) is 6.41. The molecule has 0 spiro atoms. The summed E-state index contributed by atoms with van der Waals surface area (Å²) in [7, 11) is 0. The Morgan fingerprint density at radius 1 is 1.26 bits per heavy atom. The van der Waals surface area contributed by atoms with Crippen LogP contribution in [0.15, 0.2) is 24.4 Å². The standard InChI is InChI=1S/C19H27N5O3/c1-3-14(2)21-18(25)16-15-6-4-5-8-24(15)17(22-16)19(26)20-7-9-23-10-12-27-13-11-23/h4-6,8,14H,3,7,9-13H2,1-2H3,(H,20,26)(H,21,25). The smallest absolute Gasteiger partial charge is 0.287 e. The van der Waals surface area contributed by atoms with Gasteiger partial charge in [-0.2, -0.15) is 0 Å². The number of carbonyl (C=O) groups excluding carboxylic acids is 2. The maximum atomic E-state index is 12.6. The predicted octanol–water partition coefficient (Wildman–Crippen LogP) is 0.925. The maximum absolute atomic E-state index is 12.6. The molecule has 1 aliphatic heterocycles. The van der Waals surface area contributed by atoms with E-state index in [9.17, 15) is 9.59 Å². The van der Waals surface area contributed by atoms with E-state index < -0.39 is 0 Å². The van der Waals surface area contributed by atoms with Gasteiger partial charge in [0.2, 0.25) is 5.82 Å². The third kappa shape index (κ3) is 4.64. The van der Waals surface area contributed by atoms with Gasteiger partial charge in [-0.05, 0) is 25.5 Å². The molecule has 1 unspecified atom stereocenters. The summed E-state index contributed by atoms with van der Waals surface area (Å²) in [6, 6.07) is 5.49. The highest BCUT2D eigenvalue weighted by molar-refractivity contribution is 6.02. The molecule has 146 valence electrons. The molecule has 1 aliphatic rings. The lowest BCUT2D eigenvalue weighted by molar-refractivity contribution is 0.0383. The Bertz CT molecular complexity index is 798. The average Bonchev–Trinajstić information content (AvgIpc) is 3.08. The number of imidazole rings is 1. The molecular weight excluding hydrogens is 346 g/mol. The van der Waals surface area contributed by atoms with Gasteiger partial charge >= 0.3 is 0 Å². The minimum absolute atomic E-state index is 0.0451. The first kappa shape index (κ1) is 19.3. The summed E-state index contributed by atoms with van der Waals surface area (Å²) >= 11 is 0. The summed E-state index contributed by atoms with van der Waals surface area (Å²) in [5, 5.41) is 5.82. The summed E-state index contributed by atoms with van der Waals surface area (Å²) in [6.45, 7) is 8.44. The molecule has 1 fully saturated rings. The van der Waals surface area contributed by atoms with Crippen molar-refractivity contribution in [2.24, 2.45) is 0 Å². The van der Waals surface area contributed by atoms with E-state index in [1.807, 2.05) is 26.0 Å². The minimum atomic E-state index is -0.285. The van der Waals surface area contributed by atoms with Gasteiger partial charge in [0.1, 0.15) is 0 Å². The quantitative estimate of drug-likeness (QED) is 0.754. The van der Waals surface area contributed by atoms with Crippen molar-refractivity contribution < 1.29 is 14.3 Å². The summed E-state index contributed by atoms with van der Waals surface area (Å²) in [5.41, 5.74) is 0.894. The molecule has 27 heavy (non-hydrogen) atoms. The second-order valence-electron chi connectivity index (χ2n) is 6.73. The average molecular weight is 373 g/mol. The van der Waals surface area contributed by atoms with Crippen molar-refractivity contribution in [2.75, 3.05) is 39.4 Å². The highest BCUT2D eigenvalue weighted by Crippen LogP contribution is 2.13. The van der Waals surface area contributed by atoms with Crippen LogP contribution in [0.1, 0.15) is 41.4 Å². The molecule has 2 N–H and O–H groups in total. The van der Waals surface area contributed by atoms with Crippen molar-refractivity contribution in [1.29, 1.82) is 0 Å². The van der Waals surface area contributed by atoms with Crippen LogP contribution in [0.4, 0.5) is 0 Å². The number of nitrogens with one attached hydrogen (secondary N) is 2. The van der Waals surface area contributed by atoms with Crippen molar-refractivity contribution in [3.63, 3.8) is 0 Å². The first-order valence-electron chi connectivity index (χ1n) is 9.46. The number of nitrogens with zero attached hydrogens (tertiary/aromatic N) is 3. The Balaban J connectivity index is 1.71. The van der Waals surface area contributed by atoms with E-state index in [4.69, 9.17) is 4.74 Å². The molecule has 2 aromatic rings. The van der Waals surface area contributed by atoms with E-state index >= 15 is 0 Å². The largest absolute Gasteiger partial charge is 0.379 e. The van der Waals surface area contributed by atoms with Gasteiger partial charge in [-0.1, -0.05) is 13.0 Å². The number of rotatable bonds is 7. The summed E-state index contributed by atoms with van der Waals surface area (Å²) in [5.74, 6) is -0.325. The number of amides is 2. The monoisotopic (exact) mass is 373 g/mol. The zero-order chi connectivity index (χ0) is 19.2. The van der Waals surface area contributed by atoms with Crippen molar-refractivity contribution in [2.45, 2.75) is 26.3 Å². The topological polar surface area (TPSA) is 88.0 Å². The summed E-state index contributed by atoms with van der Waals surface area (Å²) in [6.07, 6.45) is 2.58. The fraction of sp³-hybridized carbons (Fsp3) is 0.526. The molecule has 3 heterocycles. The minimum Gasteiger partial charge on any atom is -0.379 e. The molecule has 1 atom stereocenters. The Morgan fingerprint density at radius 2 is 2.04 bits per heavy atom. The number of morpholine rings is 1. The molecule has 0 aromatic carbocycles. The zero-order valence-corrected chi connectivity index (χ0v) is 15.9. The van der Waals surface area contributed by atoms with Crippen LogP contribution < -0.4 is 10.6 Å². The van der Waals surface area contributed by atoms with Crippen molar-refractivity contribution in [1.82, 2.24) is 24.9 Å². The number of ether oxygens (including phenoxy) is 1. The van der Waals surface area contributed by atoms with Gasteiger partial charge in [-0.15, -0.1) is 0 Å². The number of carbonyl (C=O) groups is 2. The van der Waals surface area contributed by atoms with Crippen LogP contribution in [0.3, 0.4) is 0 Å². The lowest BCUT2D eigenvalue weighted by Gasteiger charge is -2.26. The predicted molar refractivity (Wildman–Crippen MR) is 102 cm³/mol. The highest BCUT2D eigenvalue weighted by atomic mass is 16.5. The third-order valence-electron chi connectivity index (χ3n) is 4.77. The number of hydrogen-bond acceptors (Lipinski definition) is 5.